The van der Waals surface area contributed by atoms with Crippen molar-refractivity contribution < 1.29 is 4.68 Å². The quantitative estimate of drug-likeness (QED) is 0.402. The van der Waals surface area contributed by atoms with E-state index in [0.29, 0.717) is 14.5 Å². The first-order valence-corrected chi connectivity index (χ1v) is 11.2. The van der Waals surface area contributed by atoms with Gasteiger partial charge in [-0.15, -0.1) is 0 Å². The summed E-state index contributed by atoms with van der Waals surface area (Å²) in [6.45, 7) is 0. The van der Waals surface area contributed by atoms with Crippen molar-refractivity contribution in [2.45, 2.75) is 0 Å². The van der Waals surface area contributed by atoms with Gasteiger partial charge in [0.15, 0.2) is 4.96 Å². The lowest BCUT2D eigenvalue weighted by Gasteiger charge is -1.97. The summed E-state index contributed by atoms with van der Waals surface area (Å²) in [7, 11) is 0. The van der Waals surface area contributed by atoms with Crippen LogP contribution in [0.25, 0.3) is 39.0 Å². The molecule has 32 heavy (non-hydrogen) atoms. The predicted octanol–water partition coefficient (Wildman–Crippen LogP) is 4.38. The third kappa shape index (κ3) is 3.12. The number of aromatic amines is 1. The molecule has 0 aliphatic carbocycles. The molecule has 0 fully saturated rings. The molecule has 3 aromatic carbocycles. The van der Waals surface area contributed by atoms with E-state index in [2.05, 4.69) is 10.1 Å². The SMILES string of the molecule is O=c1c(=Cc2c[n+](-c3ccccc3)[nH]c2-c2ccc(Cl)cc2)sc2nc3ccccc3n12. The number of benzene rings is 3. The highest BCUT2D eigenvalue weighted by Gasteiger charge is 2.18. The standard InChI is InChI=1S/C25H15ClN4OS/c26-18-12-10-16(11-13-18)23-17(15-29(28-23)19-6-2-1-3-7-19)14-22-24(31)30-21-9-5-4-8-20(21)27-25(30)32-22/h1-15H/p+1. The highest BCUT2D eigenvalue weighted by atomic mass is 35.5. The van der Waals surface area contributed by atoms with Crippen molar-refractivity contribution in [3.05, 3.63) is 111 Å². The Hall–Kier alpha value is -3.74. The molecular weight excluding hydrogens is 440 g/mol. The summed E-state index contributed by atoms with van der Waals surface area (Å²) in [5, 5.41) is 4.13. The summed E-state index contributed by atoms with van der Waals surface area (Å²) < 4.78 is 4.27. The highest BCUT2D eigenvalue weighted by molar-refractivity contribution is 7.15. The molecule has 1 N–H and O–H groups in total. The molecule has 0 saturated heterocycles. The van der Waals surface area contributed by atoms with E-state index in [4.69, 9.17) is 11.6 Å². The zero-order chi connectivity index (χ0) is 21.7. The normalized spacial score (nSPS) is 12.2. The monoisotopic (exact) mass is 455 g/mol. The fourth-order valence-electron chi connectivity index (χ4n) is 3.86. The number of thiazole rings is 1. The van der Waals surface area contributed by atoms with Crippen molar-refractivity contribution in [1.29, 1.82) is 0 Å². The fourth-order valence-corrected chi connectivity index (χ4v) is 4.96. The van der Waals surface area contributed by atoms with Crippen molar-refractivity contribution in [3.8, 4) is 16.9 Å². The van der Waals surface area contributed by atoms with E-state index in [-0.39, 0.29) is 5.56 Å². The topological polar surface area (TPSA) is 54.0 Å². The van der Waals surface area contributed by atoms with Crippen LogP contribution in [0.3, 0.4) is 0 Å². The Labute approximate surface area is 191 Å². The van der Waals surface area contributed by atoms with E-state index < -0.39 is 0 Å². The smallest absolute Gasteiger partial charge is 0.267 e. The van der Waals surface area contributed by atoms with Crippen LogP contribution < -0.4 is 14.8 Å². The van der Waals surface area contributed by atoms with Gasteiger partial charge in [-0.25, -0.2) is 9.38 Å². The second-order valence-electron chi connectivity index (χ2n) is 7.42. The molecule has 5 nitrogen and oxygen atoms in total. The van der Waals surface area contributed by atoms with Crippen LogP contribution in [-0.2, 0) is 0 Å². The Morgan fingerprint density at radius 1 is 0.969 bits per heavy atom. The van der Waals surface area contributed by atoms with E-state index in [1.807, 2.05) is 95.8 Å². The van der Waals surface area contributed by atoms with Crippen molar-refractivity contribution in [1.82, 2.24) is 14.5 Å². The number of halogens is 1. The first-order chi connectivity index (χ1) is 15.7. The maximum Gasteiger partial charge on any atom is 0.274 e. The predicted molar refractivity (Wildman–Crippen MR) is 128 cm³/mol. The molecule has 154 valence electrons. The Balaban J connectivity index is 1.58. The molecule has 0 saturated carbocycles. The second-order valence-corrected chi connectivity index (χ2v) is 8.86. The van der Waals surface area contributed by atoms with Crippen molar-refractivity contribution in [3.63, 3.8) is 0 Å². The van der Waals surface area contributed by atoms with E-state index in [9.17, 15) is 4.79 Å². The molecule has 0 aliphatic heterocycles. The number of nitrogens with zero attached hydrogens (tertiary/aromatic N) is 3. The van der Waals surface area contributed by atoms with Crippen LogP contribution in [0.15, 0.2) is 89.9 Å². The number of nitrogens with one attached hydrogen (secondary N) is 1. The summed E-state index contributed by atoms with van der Waals surface area (Å²) in [5.41, 5.74) is 5.38. The molecule has 0 aliphatic rings. The lowest BCUT2D eigenvalue weighted by atomic mass is 10.1. The van der Waals surface area contributed by atoms with E-state index in [1.165, 1.54) is 11.3 Å². The van der Waals surface area contributed by atoms with Crippen LogP contribution in [0.1, 0.15) is 5.56 Å². The fraction of sp³-hybridized carbons (Fsp3) is 0. The lowest BCUT2D eigenvalue weighted by Crippen LogP contribution is -2.31. The number of hydrogen-bond donors (Lipinski definition) is 1. The van der Waals surface area contributed by atoms with Gasteiger partial charge in [0.25, 0.3) is 5.56 Å². The lowest BCUT2D eigenvalue weighted by molar-refractivity contribution is -0.654. The number of rotatable bonds is 3. The van der Waals surface area contributed by atoms with Gasteiger partial charge in [0.2, 0.25) is 11.9 Å². The Kier molecular flexibility index (Phi) is 4.41. The minimum absolute atomic E-state index is 0.0618. The van der Waals surface area contributed by atoms with Gasteiger partial charge < -0.3 is 0 Å². The zero-order valence-electron chi connectivity index (χ0n) is 16.7. The van der Waals surface area contributed by atoms with E-state index >= 15 is 0 Å². The van der Waals surface area contributed by atoms with Gasteiger partial charge in [-0.2, -0.15) is 5.10 Å². The Morgan fingerprint density at radius 3 is 2.53 bits per heavy atom. The van der Waals surface area contributed by atoms with Gasteiger partial charge in [-0.05, 0) is 30.3 Å². The molecule has 3 aromatic heterocycles. The van der Waals surface area contributed by atoms with Gasteiger partial charge in [-0.1, -0.05) is 70.1 Å². The van der Waals surface area contributed by atoms with Crippen molar-refractivity contribution in [2.24, 2.45) is 0 Å². The number of aromatic nitrogens is 4. The Morgan fingerprint density at radius 2 is 1.72 bits per heavy atom. The summed E-state index contributed by atoms with van der Waals surface area (Å²) in [4.78, 5) is 18.6. The van der Waals surface area contributed by atoms with Gasteiger partial charge in [0, 0.05) is 22.7 Å². The van der Waals surface area contributed by atoms with Gasteiger partial charge in [0.1, 0.15) is 5.69 Å². The zero-order valence-corrected chi connectivity index (χ0v) is 18.3. The average molecular weight is 456 g/mol. The molecule has 0 bridgehead atoms. The van der Waals surface area contributed by atoms with E-state index in [0.717, 1.165) is 33.5 Å². The van der Waals surface area contributed by atoms with Crippen LogP contribution >= 0.6 is 22.9 Å². The Bertz CT molecular complexity index is 1700. The summed E-state index contributed by atoms with van der Waals surface area (Å²) >= 11 is 7.49. The van der Waals surface area contributed by atoms with Gasteiger partial charge >= 0.3 is 0 Å². The molecule has 0 radical (unpaired) electrons. The first-order valence-electron chi connectivity index (χ1n) is 10.1. The molecule has 7 heteroatoms. The van der Waals surface area contributed by atoms with Crippen LogP contribution in [0.2, 0.25) is 5.02 Å². The third-order valence-electron chi connectivity index (χ3n) is 5.39. The summed E-state index contributed by atoms with van der Waals surface area (Å²) in [6.07, 6.45) is 3.93. The highest BCUT2D eigenvalue weighted by Crippen LogP contribution is 2.24. The molecule has 0 amide bonds. The minimum Gasteiger partial charge on any atom is -0.267 e. The van der Waals surface area contributed by atoms with Crippen LogP contribution in [0.4, 0.5) is 0 Å². The number of para-hydroxylation sites is 3. The maximum atomic E-state index is 13.2. The average Bonchev–Trinajstić information content (AvgIpc) is 3.48. The molecule has 0 spiro atoms. The number of fused-ring (bicyclic) bond motifs is 3. The van der Waals surface area contributed by atoms with Gasteiger partial charge in [0.05, 0.1) is 21.1 Å². The van der Waals surface area contributed by atoms with Crippen LogP contribution in [-0.4, -0.2) is 14.5 Å². The molecule has 6 rings (SSSR count). The molecular formula is C25H16ClN4OS+. The molecule has 0 unspecified atom stereocenters. The minimum atomic E-state index is -0.0618. The van der Waals surface area contributed by atoms with Crippen molar-refractivity contribution in [2.75, 3.05) is 0 Å². The number of hydrogen-bond acceptors (Lipinski definition) is 3. The second kappa shape index (κ2) is 7.44. The van der Waals surface area contributed by atoms with Crippen LogP contribution in [0.5, 0.6) is 0 Å². The molecule has 3 heterocycles. The number of H-pyrrole nitrogens is 1. The van der Waals surface area contributed by atoms with Crippen LogP contribution in [0, 0.1) is 0 Å². The third-order valence-corrected chi connectivity index (χ3v) is 6.61. The molecule has 0 atom stereocenters. The molecule has 6 aromatic rings. The summed E-state index contributed by atoms with van der Waals surface area (Å²) in [5.74, 6) is 0. The summed E-state index contributed by atoms with van der Waals surface area (Å²) in [6, 6.07) is 25.4. The van der Waals surface area contributed by atoms with E-state index in [1.54, 1.807) is 4.40 Å². The maximum absolute atomic E-state index is 13.2. The van der Waals surface area contributed by atoms with Gasteiger partial charge in [-0.3, -0.25) is 4.79 Å². The number of imidazole rings is 1. The van der Waals surface area contributed by atoms with Crippen molar-refractivity contribution >= 4 is 45.0 Å². The first kappa shape index (κ1) is 19.0. The largest absolute Gasteiger partial charge is 0.274 e.